The number of amides is 1. The fourth-order valence-electron chi connectivity index (χ4n) is 2.03. The second-order valence-electron chi connectivity index (χ2n) is 3.92. The summed E-state index contributed by atoms with van der Waals surface area (Å²) in [4.78, 5) is 14.2. The molecule has 2 heterocycles. The molecule has 0 aromatic rings. The number of morpholine rings is 1. The molecule has 0 saturated carbocycles. The van der Waals surface area contributed by atoms with Crippen LogP contribution in [0.25, 0.3) is 0 Å². The zero-order valence-corrected chi connectivity index (χ0v) is 11.1. The van der Waals surface area contributed by atoms with Gasteiger partial charge in [-0.25, -0.2) is 0 Å². The van der Waals surface area contributed by atoms with Gasteiger partial charge in [0.25, 0.3) is 0 Å². The van der Waals surface area contributed by atoms with E-state index in [2.05, 4.69) is 15.9 Å². The molecule has 2 rings (SSSR count). The van der Waals surface area contributed by atoms with Gasteiger partial charge in [-0.3, -0.25) is 4.79 Å². The second kappa shape index (κ2) is 5.55. The predicted molar refractivity (Wildman–Crippen MR) is 65.6 cm³/mol. The summed E-state index contributed by atoms with van der Waals surface area (Å²) in [6.45, 7) is 2.12. The summed E-state index contributed by atoms with van der Waals surface area (Å²) < 4.78 is 5.39. The van der Waals surface area contributed by atoms with Gasteiger partial charge < -0.3 is 9.64 Å². The Morgan fingerprint density at radius 3 is 3.13 bits per heavy atom. The van der Waals surface area contributed by atoms with Gasteiger partial charge >= 0.3 is 0 Å². The number of thioether (sulfide) groups is 1. The van der Waals surface area contributed by atoms with Gasteiger partial charge in [0.1, 0.15) is 0 Å². The van der Waals surface area contributed by atoms with Crippen molar-refractivity contribution in [2.75, 3.05) is 30.8 Å². The van der Waals surface area contributed by atoms with E-state index >= 15 is 0 Å². The molecule has 1 amide bonds. The fraction of sp³-hybridized carbons (Fsp3) is 0.900. The Bertz CT molecular complexity index is 233. The molecule has 0 N–H and O–H groups in total. The monoisotopic (exact) mass is 293 g/mol. The van der Waals surface area contributed by atoms with Crippen LogP contribution in [-0.2, 0) is 9.53 Å². The molecule has 0 aromatic carbocycles. The van der Waals surface area contributed by atoms with Gasteiger partial charge in [-0.2, -0.15) is 0 Å². The summed E-state index contributed by atoms with van der Waals surface area (Å²) in [5.74, 6) is 1.46. The Labute approximate surface area is 103 Å². The molecule has 2 aliphatic heterocycles. The number of rotatable bonds is 2. The molecule has 2 unspecified atom stereocenters. The molecule has 2 saturated heterocycles. The number of hydrogen-bond donors (Lipinski definition) is 0. The Morgan fingerprint density at radius 1 is 1.60 bits per heavy atom. The minimum absolute atomic E-state index is 0.213. The molecular weight excluding hydrogens is 278 g/mol. The van der Waals surface area contributed by atoms with Crippen LogP contribution in [0.3, 0.4) is 0 Å². The summed E-state index contributed by atoms with van der Waals surface area (Å²) >= 11 is 5.26. The summed E-state index contributed by atoms with van der Waals surface area (Å²) in [5, 5.41) is 1.03. The van der Waals surface area contributed by atoms with Crippen molar-refractivity contribution in [1.82, 2.24) is 4.90 Å². The van der Waals surface area contributed by atoms with E-state index in [4.69, 9.17) is 4.74 Å². The van der Waals surface area contributed by atoms with Gasteiger partial charge in [0.15, 0.2) is 0 Å². The first-order valence-electron chi connectivity index (χ1n) is 5.38. The zero-order valence-electron chi connectivity index (χ0n) is 8.65. The van der Waals surface area contributed by atoms with Crippen molar-refractivity contribution in [3.8, 4) is 0 Å². The van der Waals surface area contributed by atoms with Crippen molar-refractivity contribution in [3.63, 3.8) is 0 Å². The molecular formula is C10H16BrNO2S. The highest BCUT2D eigenvalue weighted by Gasteiger charge is 2.33. The minimum Gasteiger partial charge on any atom is -0.377 e. The lowest BCUT2D eigenvalue weighted by atomic mass is 10.2. The van der Waals surface area contributed by atoms with Crippen molar-refractivity contribution in [3.05, 3.63) is 0 Å². The van der Waals surface area contributed by atoms with E-state index in [1.54, 1.807) is 0 Å². The number of carbonyl (C=O) groups excluding carboxylic acids is 1. The molecule has 5 heteroatoms. The van der Waals surface area contributed by atoms with Gasteiger partial charge in [0, 0.05) is 11.9 Å². The van der Waals surface area contributed by atoms with E-state index in [0.29, 0.717) is 19.1 Å². The Hall–Kier alpha value is 0.260. The van der Waals surface area contributed by atoms with Crippen molar-refractivity contribution in [1.29, 1.82) is 0 Å². The molecule has 2 atom stereocenters. The molecule has 0 aliphatic carbocycles. The van der Waals surface area contributed by atoms with Gasteiger partial charge in [-0.1, -0.05) is 15.9 Å². The van der Waals surface area contributed by atoms with Gasteiger partial charge in [0.2, 0.25) is 5.91 Å². The van der Waals surface area contributed by atoms with E-state index < -0.39 is 0 Å². The van der Waals surface area contributed by atoms with Crippen LogP contribution in [-0.4, -0.2) is 52.9 Å². The number of carbonyl (C=O) groups is 1. The molecule has 0 aromatic heterocycles. The van der Waals surface area contributed by atoms with E-state index in [1.807, 2.05) is 16.7 Å². The summed E-state index contributed by atoms with van der Waals surface area (Å²) in [6, 6.07) is 0.229. The van der Waals surface area contributed by atoms with Crippen LogP contribution in [0.2, 0.25) is 0 Å². The van der Waals surface area contributed by atoms with Crippen LogP contribution < -0.4 is 0 Å². The number of halogens is 1. The van der Waals surface area contributed by atoms with Crippen LogP contribution >= 0.6 is 27.7 Å². The predicted octanol–water partition coefficient (Wildman–Crippen LogP) is 1.50. The van der Waals surface area contributed by atoms with Crippen molar-refractivity contribution in [2.24, 2.45) is 0 Å². The number of alkyl halides is 1. The lowest BCUT2D eigenvalue weighted by Crippen LogP contribution is -2.52. The Balaban J connectivity index is 1.96. The highest BCUT2D eigenvalue weighted by atomic mass is 79.9. The average Bonchev–Trinajstić information content (AvgIpc) is 2.81. The molecule has 0 spiro atoms. The number of ether oxygens (including phenoxy) is 1. The number of hydrogen-bond acceptors (Lipinski definition) is 3. The summed E-state index contributed by atoms with van der Waals surface area (Å²) in [5.41, 5.74) is 0. The lowest BCUT2D eigenvalue weighted by Gasteiger charge is -2.36. The first-order valence-corrected chi connectivity index (χ1v) is 7.55. The van der Waals surface area contributed by atoms with Crippen LogP contribution in [0.4, 0.5) is 0 Å². The molecule has 0 bridgehead atoms. The smallest absolute Gasteiger partial charge is 0.236 e. The van der Waals surface area contributed by atoms with Gasteiger partial charge in [-0.05, 0) is 18.6 Å². The van der Waals surface area contributed by atoms with Crippen molar-refractivity contribution in [2.45, 2.75) is 24.1 Å². The van der Waals surface area contributed by atoms with Crippen LogP contribution in [0, 0.1) is 0 Å². The van der Waals surface area contributed by atoms with Crippen LogP contribution in [0.5, 0.6) is 0 Å². The molecule has 0 radical (unpaired) electrons. The standard InChI is InChI=1S/C10H16BrNO2S/c11-6-8-7-14-4-3-12(8)10(13)9-2-1-5-15-9/h8-9H,1-7H2. The maximum absolute atomic E-state index is 12.2. The topological polar surface area (TPSA) is 29.5 Å². The Morgan fingerprint density at radius 2 is 2.47 bits per heavy atom. The summed E-state index contributed by atoms with van der Waals surface area (Å²) in [7, 11) is 0. The zero-order chi connectivity index (χ0) is 10.7. The molecule has 2 fully saturated rings. The minimum atomic E-state index is 0.213. The average molecular weight is 294 g/mol. The molecule has 86 valence electrons. The van der Waals surface area contributed by atoms with Gasteiger partial charge in [-0.15, -0.1) is 11.8 Å². The van der Waals surface area contributed by atoms with Crippen molar-refractivity contribution >= 4 is 33.6 Å². The maximum Gasteiger partial charge on any atom is 0.236 e. The maximum atomic E-state index is 12.2. The first kappa shape index (κ1) is 11.7. The van der Waals surface area contributed by atoms with Crippen LogP contribution in [0.1, 0.15) is 12.8 Å². The first-order chi connectivity index (χ1) is 7.33. The molecule has 2 aliphatic rings. The quantitative estimate of drug-likeness (QED) is 0.723. The molecule has 15 heavy (non-hydrogen) atoms. The lowest BCUT2D eigenvalue weighted by molar-refractivity contribution is -0.138. The third-order valence-corrected chi connectivity index (χ3v) is 5.01. The third-order valence-electron chi connectivity index (χ3n) is 2.89. The molecule has 3 nitrogen and oxygen atoms in total. The van der Waals surface area contributed by atoms with E-state index in [0.717, 1.165) is 24.0 Å². The second-order valence-corrected chi connectivity index (χ2v) is 5.87. The van der Waals surface area contributed by atoms with Crippen molar-refractivity contribution < 1.29 is 9.53 Å². The van der Waals surface area contributed by atoms with Crippen LogP contribution in [0.15, 0.2) is 0 Å². The van der Waals surface area contributed by atoms with E-state index in [1.165, 1.54) is 6.42 Å². The number of nitrogens with zero attached hydrogens (tertiary/aromatic N) is 1. The van der Waals surface area contributed by atoms with E-state index in [9.17, 15) is 4.79 Å². The van der Waals surface area contributed by atoms with E-state index in [-0.39, 0.29) is 11.3 Å². The normalized spacial score (nSPS) is 31.9. The largest absolute Gasteiger partial charge is 0.377 e. The van der Waals surface area contributed by atoms with Gasteiger partial charge in [0.05, 0.1) is 24.5 Å². The highest BCUT2D eigenvalue weighted by molar-refractivity contribution is 9.09. The fourth-order valence-corrected chi connectivity index (χ4v) is 3.80. The SMILES string of the molecule is O=C(C1CCCS1)N1CCOCC1CBr. The summed E-state index contributed by atoms with van der Waals surface area (Å²) in [6.07, 6.45) is 2.24. The third kappa shape index (κ3) is 2.68. The highest BCUT2D eigenvalue weighted by Crippen LogP contribution is 2.28. The Kier molecular flexibility index (Phi) is 4.34.